The van der Waals surface area contributed by atoms with E-state index in [4.69, 9.17) is 4.74 Å². The number of hydrogen-bond acceptors (Lipinski definition) is 6. The molecular weight excluding hydrogens is 398 g/mol. The molecular formula is C20H23NO5S2. The molecule has 0 atom stereocenters. The van der Waals surface area contributed by atoms with Crippen molar-refractivity contribution in [2.45, 2.75) is 38.6 Å². The van der Waals surface area contributed by atoms with E-state index in [1.54, 1.807) is 23.5 Å². The highest BCUT2D eigenvalue weighted by Crippen LogP contribution is 2.19. The predicted molar refractivity (Wildman–Crippen MR) is 107 cm³/mol. The molecule has 0 fully saturated rings. The lowest BCUT2D eigenvalue weighted by Crippen LogP contribution is -2.35. The minimum absolute atomic E-state index is 0.178. The summed E-state index contributed by atoms with van der Waals surface area (Å²) in [6.45, 7) is 6.77. The predicted octanol–water partition coefficient (Wildman–Crippen LogP) is 3.35. The first kappa shape index (κ1) is 22.0. The lowest BCUT2D eigenvalue weighted by atomic mass is 10.2. The average molecular weight is 422 g/mol. The molecule has 0 aliphatic rings. The monoisotopic (exact) mass is 421 g/mol. The van der Waals surface area contributed by atoms with E-state index >= 15 is 0 Å². The molecule has 0 amide bonds. The van der Waals surface area contributed by atoms with Crippen LogP contribution in [-0.4, -0.2) is 25.5 Å². The third-order valence-corrected chi connectivity index (χ3v) is 5.87. The second-order valence-electron chi connectivity index (χ2n) is 6.20. The first-order chi connectivity index (χ1) is 13.2. The first-order valence-corrected chi connectivity index (χ1v) is 10.9. The zero-order valence-corrected chi connectivity index (χ0v) is 17.7. The smallest absolute Gasteiger partial charge is 0.302 e. The highest BCUT2D eigenvalue weighted by molar-refractivity contribution is 7.85. The number of esters is 1. The van der Waals surface area contributed by atoms with Gasteiger partial charge in [0, 0.05) is 26.3 Å². The van der Waals surface area contributed by atoms with Crippen LogP contribution in [0.25, 0.3) is 10.2 Å². The van der Waals surface area contributed by atoms with E-state index in [1.807, 2.05) is 6.92 Å². The molecule has 6 nitrogen and oxygen atoms in total. The Morgan fingerprint density at radius 1 is 1.11 bits per heavy atom. The first-order valence-electron chi connectivity index (χ1n) is 8.72. The van der Waals surface area contributed by atoms with Gasteiger partial charge in [-0.05, 0) is 25.1 Å². The van der Waals surface area contributed by atoms with Gasteiger partial charge in [-0.15, -0.1) is 0 Å². The molecule has 0 saturated heterocycles. The van der Waals surface area contributed by atoms with E-state index in [9.17, 15) is 17.8 Å². The van der Waals surface area contributed by atoms with Crippen molar-refractivity contribution in [1.82, 2.24) is 0 Å². The van der Waals surface area contributed by atoms with Crippen LogP contribution in [0.4, 0.5) is 0 Å². The van der Waals surface area contributed by atoms with Gasteiger partial charge in [-0.1, -0.05) is 41.2 Å². The molecule has 8 heteroatoms. The van der Waals surface area contributed by atoms with Crippen molar-refractivity contribution >= 4 is 37.6 Å². The second-order valence-corrected chi connectivity index (χ2v) is 8.82. The summed E-state index contributed by atoms with van der Waals surface area (Å²) in [6.07, 6.45) is 0.853. The molecule has 1 heterocycles. The fourth-order valence-electron chi connectivity index (χ4n) is 2.57. The maximum Gasteiger partial charge on any atom is 0.302 e. The van der Waals surface area contributed by atoms with Crippen molar-refractivity contribution in [1.29, 1.82) is 0 Å². The molecule has 0 radical (unpaired) electrons. The van der Waals surface area contributed by atoms with Crippen LogP contribution in [0.1, 0.15) is 23.9 Å². The number of nitrogens with zero attached hydrogens (tertiary/aromatic N) is 1. The van der Waals surface area contributed by atoms with Gasteiger partial charge in [-0.2, -0.15) is 4.57 Å². The third-order valence-electron chi connectivity index (χ3n) is 3.93. The zero-order valence-electron chi connectivity index (χ0n) is 16.0. The van der Waals surface area contributed by atoms with E-state index in [0.717, 1.165) is 18.5 Å². The molecule has 3 rings (SSSR count). The van der Waals surface area contributed by atoms with E-state index in [1.165, 1.54) is 34.3 Å². The Morgan fingerprint density at radius 3 is 2.36 bits per heavy atom. The highest BCUT2D eigenvalue weighted by atomic mass is 32.2. The molecule has 2 aromatic carbocycles. The minimum Gasteiger partial charge on any atom is -0.744 e. The van der Waals surface area contributed by atoms with Gasteiger partial charge in [0.25, 0.3) is 0 Å². The maximum absolute atomic E-state index is 10.7. The number of hydrogen-bond donors (Lipinski definition) is 0. The van der Waals surface area contributed by atoms with Crippen LogP contribution in [0.15, 0.2) is 53.4 Å². The molecule has 0 aliphatic carbocycles. The summed E-state index contributed by atoms with van der Waals surface area (Å²) in [4.78, 5) is 10.5. The lowest BCUT2D eigenvalue weighted by molar-refractivity contribution is -0.673. The maximum atomic E-state index is 10.7. The third kappa shape index (κ3) is 6.40. The number of aromatic nitrogens is 1. The van der Waals surface area contributed by atoms with Crippen molar-refractivity contribution in [2.24, 2.45) is 0 Å². The Bertz CT molecular complexity index is 1040. The van der Waals surface area contributed by atoms with Crippen molar-refractivity contribution in [2.75, 3.05) is 6.61 Å². The Morgan fingerprint density at radius 2 is 1.75 bits per heavy atom. The number of carbonyl (C=O) groups excluding carboxylic acids is 1. The molecule has 0 aliphatic heterocycles. The SMILES string of the molecule is CC(=O)OCCC[n+]1c(C)sc2ccccc21.Cc1ccc(S(=O)(=O)[O-])cc1. The van der Waals surface area contributed by atoms with Crippen LogP contribution in [0.2, 0.25) is 0 Å². The summed E-state index contributed by atoms with van der Waals surface area (Å²) in [5.41, 5.74) is 2.19. The molecule has 0 saturated carbocycles. The molecule has 1 aromatic heterocycles. The van der Waals surface area contributed by atoms with Crippen molar-refractivity contribution < 1.29 is 27.1 Å². The number of benzene rings is 2. The van der Waals surface area contributed by atoms with Crippen LogP contribution in [0.5, 0.6) is 0 Å². The van der Waals surface area contributed by atoms with Gasteiger partial charge in [0.05, 0.1) is 11.5 Å². The number of para-hydroxylation sites is 1. The Labute approximate surface area is 169 Å². The van der Waals surface area contributed by atoms with Crippen molar-refractivity contribution in [3.8, 4) is 0 Å². The van der Waals surface area contributed by atoms with E-state index in [-0.39, 0.29) is 10.9 Å². The van der Waals surface area contributed by atoms with Gasteiger partial charge in [0.15, 0.2) is 6.54 Å². The fourth-order valence-corrected chi connectivity index (χ4v) is 4.09. The van der Waals surface area contributed by atoms with Gasteiger partial charge in [-0.25, -0.2) is 8.42 Å². The number of rotatable bonds is 5. The van der Waals surface area contributed by atoms with Crippen LogP contribution in [-0.2, 0) is 26.2 Å². The Kier molecular flexibility index (Phi) is 7.68. The topological polar surface area (TPSA) is 87.4 Å². The standard InChI is InChI=1S/C13H16NO2S.C7H8O3S/c1-10-14(8-5-9-16-11(2)15)12-6-3-4-7-13(12)17-10;1-6-2-4-7(5-3-6)11(8,9)10/h3-4,6-7H,5,8-9H2,1-2H3;2-5H,1H3,(H,8,9,10)/q+1;/p-1. The number of aryl methyl sites for hydroxylation is 3. The van der Waals surface area contributed by atoms with Crippen LogP contribution in [0.3, 0.4) is 0 Å². The zero-order chi connectivity index (χ0) is 20.7. The number of carbonyl (C=O) groups is 1. The van der Waals surface area contributed by atoms with Crippen molar-refractivity contribution in [3.05, 3.63) is 59.1 Å². The molecule has 0 N–H and O–H groups in total. The largest absolute Gasteiger partial charge is 0.744 e. The van der Waals surface area contributed by atoms with Gasteiger partial charge in [0.2, 0.25) is 10.5 Å². The second kappa shape index (κ2) is 9.77. The summed E-state index contributed by atoms with van der Waals surface area (Å²) in [5.74, 6) is -0.207. The quantitative estimate of drug-likeness (QED) is 0.273. The molecule has 0 unspecified atom stereocenters. The normalized spacial score (nSPS) is 11.0. The van der Waals surface area contributed by atoms with E-state index in [0.29, 0.717) is 6.61 Å². The van der Waals surface area contributed by atoms with Crippen LogP contribution >= 0.6 is 11.3 Å². The van der Waals surface area contributed by atoms with Gasteiger partial charge in [0.1, 0.15) is 14.8 Å². The van der Waals surface area contributed by atoms with Crippen LogP contribution < -0.4 is 4.57 Å². The highest BCUT2D eigenvalue weighted by Gasteiger charge is 2.15. The fraction of sp³-hybridized carbons (Fsp3) is 0.300. The number of ether oxygens (including phenoxy) is 1. The summed E-state index contributed by atoms with van der Waals surface area (Å²) in [7, 11) is -4.27. The van der Waals surface area contributed by atoms with Crippen LogP contribution in [0, 0.1) is 13.8 Å². The Balaban J connectivity index is 0.000000221. The minimum atomic E-state index is -4.27. The Hall–Kier alpha value is -2.29. The summed E-state index contributed by atoms with van der Waals surface area (Å²) >= 11 is 1.80. The van der Waals surface area contributed by atoms with Gasteiger partial charge >= 0.3 is 5.97 Å². The molecule has 0 bridgehead atoms. The van der Waals surface area contributed by atoms with Gasteiger partial charge in [-0.3, -0.25) is 4.79 Å². The van der Waals surface area contributed by atoms with Crippen molar-refractivity contribution in [3.63, 3.8) is 0 Å². The van der Waals surface area contributed by atoms with E-state index < -0.39 is 10.1 Å². The summed E-state index contributed by atoms with van der Waals surface area (Å²) in [6, 6.07) is 14.2. The molecule has 3 aromatic rings. The summed E-state index contributed by atoms with van der Waals surface area (Å²) in [5, 5.41) is 1.29. The number of thiazole rings is 1. The summed E-state index contributed by atoms with van der Waals surface area (Å²) < 4.78 is 39.7. The molecule has 28 heavy (non-hydrogen) atoms. The van der Waals surface area contributed by atoms with E-state index in [2.05, 4.69) is 35.8 Å². The lowest BCUT2D eigenvalue weighted by Gasteiger charge is -2.05. The molecule has 0 spiro atoms. The van der Waals surface area contributed by atoms with Gasteiger partial charge < -0.3 is 9.29 Å². The average Bonchev–Trinajstić information content (AvgIpc) is 2.94. The molecule has 150 valence electrons. The number of fused-ring (bicyclic) bond motifs is 1.